The molecule has 250 valence electrons. The molecule has 0 radical (unpaired) electrons. The Labute approximate surface area is 280 Å². The molecule has 0 bridgehead atoms. The second kappa shape index (κ2) is 13.2. The first-order valence-corrected chi connectivity index (χ1v) is 16.6. The fraction of sp³-hybridized carbons (Fsp3) is 0.368. The Morgan fingerprint density at radius 3 is 2.31 bits per heavy atom. The predicted molar refractivity (Wildman–Crippen MR) is 187 cm³/mol. The summed E-state index contributed by atoms with van der Waals surface area (Å²) in [6.45, 7) is 9.55. The van der Waals surface area contributed by atoms with E-state index in [2.05, 4.69) is 38.4 Å². The number of aromatic nitrogens is 3. The van der Waals surface area contributed by atoms with Gasteiger partial charge in [0.1, 0.15) is 23.0 Å². The van der Waals surface area contributed by atoms with Gasteiger partial charge in [-0.2, -0.15) is 0 Å². The van der Waals surface area contributed by atoms with Gasteiger partial charge in [-0.05, 0) is 71.2 Å². The molecule has 0 saturated carbocycles. The van der Waals surface area contributed by atoms with Crippen LogP contribution in [0.3, 0.4) is 0 Å². The van der Waals surface area contributed by atoms with E-state index < -0.39 is 29.2 Å². The molecule has 48 heavy (non-hydrogen) atoms. The monoisotopic (exact) mass is 648 g/mol. The maximum atomic E-state index is 14.3. The third kappa shape index (κ3) is 7.07. The molecule has 5 aromatic rings. The minimum absolute atomic E-state index is 0.148. The summed E-state index contributed by atoms with van der Waals surface area (Å²) in [7, 11) is 0. The van der Waals surface area contributed by atoms with Crippen LogP contribution in [0, 0.1) is 0 Å². The lowest BCUT2D eigenvalue weighted by Gasteiger charge is -2.36. The number of hydrogen-bond acceptors (Lipinski definition) is 5. The molecular formula is C38H44N6O4. The number of alkyl carbamates (subject to hydrolysis) is 1. The Bertz CT molecular complexity index is 1930. The summed E-state index contributed by atoms with van der Waals surface area (Å²) in [5.74, 6) is 0.295. The number of para-hydroxylation sites is 3. The van der Waals surface area contributed by atoms with Gasteiger partial charge in [0.05, 0.1) is 11.0 Å². The molecule has 0 aliphatic carbocycles. The largest absolute Gasteiger partial charge is 0.444 e. The van der Waals surface area contributed by atoms with E-state index in [1.54, 1.807) is 34.6 Å². The lowest BCUT2D eigenvalue weighted by atomic mass is 9.98. The second-order valence-electron chi connectivity index (χ2n) is 14.1. The van der Waals surface area contributed by atoms with Crippen LogP contribution in [0.5, 0.6) is 0 Å². The van der Waals surface area contributed by atoms with Crippen molar-refractivity contribution in [2.45, 2.75) is 77.1 Å². The third-order valence-electron chi connectivity index (χ3n) is 8.85. The van der Waals surface area contributed by atoms with Gasteiger partial charge in [-0.3, -0.25) is 9.59 Å². The molecule has 1 saturated heterocycles. The number of likely N-dealkylation sites (tertiary alicyclic amines) is 1. The van der Waals surface area contributed by atoms with Gasteiger partial charge in [0.25, 0.3) is 0 Å². The van der Waals surface area contributed by atoms with Gasteiger partial charge in [-0.15, -0.1) is 0 Å². The SMILES string of the molecule is CC(C)(C)OC(=O)NC(C)(C)C(=O)N[C@H](Cc1c[nH]c2ccccc12)C(=O)N1CCC(n2c(-c3ccccc3)nc3ccccc32)CC1. The van der Waals surface area contributed by atoms with E-state index in [-0.39, 0.29) is 11.9 Å². The predicted octanol–water partition coefficient (Wildman–Crippen LogP) is 6.38. The standard InChI is InChI=1S/C38H44N6O4/c1-37(2,3)48-36(47)42-38(4,5)35(46)41-31(23-26-24-39-29-16-10-9-15-28(26)29)34(45)43-21-19-27(20-22-43)44-32-18-12-11-17-30(32)40-33(44)25-13-7-6-8-14-25/h6-18,24,27,31,39H,19-23H2,1-5H3,(H,41,46)(H,42,47)/t31-/m1/s1. The van der Waals surface area contributed by atoms with Crippen molar-refractivity contribution in [3.63, 3.8) is 0 Å². The number of piperidine rings is 1. The zero-order chi connectivity index (χ0) is 34.1. The number of imidazole rings is 1. The zero-order valence-electron chi connectivity index (χ0n) is 28.2. The molecular weight excluding hydrogens is 604 g/mol. The minimum atomic E-state index is -1.33. The molecule has 3 N–H and O–H groups in total. The Balaban J connectivity index is 1.22. The zero-order valence-corrected chi connectivity index (χ0v) is 28.2. The number of hydrogen-bond donors (Lipinski definition) is 3. The summed E-state index contributed by atoms with van der Waals surface area (Å²) in [6, 6.07) is 25.6. The van der Waals surface area contributed by atoms with E-state index >= 15 is 0 Å². The average Bonchev–Trinajstić information content (AvgIpc) is 3.65. The number of ether oxygens (including phenoxy) is 1. The quantitative estimate of drug-likeness (QED) is 0.180. The minimum Gasteiger partial charge on any atom is -0.444 e. The van der Waals surface area contributed by atoms with Gasteiger partial charge in [-0.25, -0.2) is 9.78 Å². The van der Waals surface area contributed by atoms with E-state index in [4.69, 9.17) is 9.72 Å². The van der Waals surface area contributed by atoms with Crippen LogP contribution in [0.2, 0.25) is 0 Å². The molecule has 3 aromatic carbocycles. The molecule has 3 heterocycles. The Morgan fingerprint density at radius 2 is 1.58 bits per heavy atom. The number of carbonyl (C=O) groups is 3. The number of fused-ring (bicyclic) bond motifs is 2. The second-order valence-corrected chi connectivity index (χ2v) is 14.1. The number of aromatic amines is 1. The van der Waals surface area contributed by atoms with Crippen LogP contribution < -0.4 is 10.6 Å². The van der Waals surface area contributed by atoms with Crippen molar-refractivity contribution in [2.75, 3.05) is 13.1 Å². The van der Waals surface area contributed by atoms with Crippen molar-refractivity contribution >= 4 is 39.8 Å². The number of benzene rings is 3. The van der Waals surface area contributed by atoms with Crippen LogP contribution in [-0.2, 0) is 20.7 Å². The van der Waals surface area contributed by atoms with Crippen molar-refractivity contribution in [1.29, 1.82) is 0 Å². The first-order chi connectivity index (χ1) is 22.9. The molecule has 0 unspecified atom stereocenters. The maximum absolute atomic E-state index is 14.3. The molecule has 6 rings (SSSR count). The summed E-state index contributed by atoms with van der Waals surface area (Å²) in [5.41, 5.74) is 2.90. The summed E-state index contributed by atoms with van der Waals surface area (Å²) in [5, 5.41) is 6.65. The fourth-order valence-electron chi connectivity index (χ4n) is 6.44. The molecule has 1 fully saturated rings. The van der Waals surface area contributed by atoms with Crippen molar-refractivity contribution < 1.29 is 19.1 Å². The van der Waals surface area contributed by atoms with Gasteiger partial charge >= 0.3 is 6.09 Å². The molecule has 1 aliphatic rings. The number of carbonyl (C=O) groups excluding carboxylic acids is 3. The van der Waals surface area contributed by atoms with E-state index in [0.29, 0.717) is 19.5 Å². The summed E-state index contributed by atoms with van der Waals surface area (Å²) in [6.07, 6.45) is 2.96. The highest BCUT2D eigenvalue weighted by atomic mass is 16.6. The highest BCUT2D eigenvalue weighted by Crippen LogP contribution is 2.33. The van der Waals surface area contributed by atoms with E-state index in [1.165, 1.54) is 0 Å². The Kier molecular flexibility index (Phi) is 9.01. The van der Waals surface area contributed by atoms with Crippen LogP contribution in [0.25, 0.3) is 33.3 Å². The third-order valence-corrected chi connectivity index (χ3v) is 8.85. The van der Waals surface area contributed by atoms with E-state index in [0.717, 1.165) is 51.7 Å². The maximum Gasteiger partial charge on any atom is 0.408 e. The Morgan fingerprint density at radius 1 is 0.917 bits per heavy atom. The van der Waals surface area contributed by atoms with Gasteiger partial charge in [0.15, 0.2) is 0 Å². The van der Waals surface area contributed by atoms with Gasteiger partial charge in [-0.1, -0.05) is 60.7 Å². The summed E-state index contributed by atoms with van der Waals surface area (Å²) in [4.78, 5) is 50.7. The lowest BCUT2D eigenvalue weighted by Crippen LogP contribution is -2.60. The highest BCUT2D eigenvalue weighted by Gasteiger charge is 2.37. The molecule has 1 aliphatic heterocycles. The fourth-order valence-corrected chi connectivity index (χ4v) is 6.44. The van der Waals surface area contributed by atoms with Crippen LogP contribution in [0.4, 0.5) is 4.79 Å². The molecule has 3 amide bonds. The van der Waals surface area contributed by atoms with Crippen LogP contribution in [0.15, 0.2) is 85.1 Å². The van der Waals surface area contributed by atoms with Crippen molar-refractivity contribution in [3.05, 3.63) is 90.6 Å². The number of rotatable bonds is 8. The van der Waals surface area contributed by atoms with Crippen molar-refractivity contribution in [2.24, 2.45) is 0 Å². The van der Waals surface area contributed by atoms with Gasteiger partial charge in [0.2, 0.25) is 11.8 Å². The first kappa shape index (κ1) is 32.8. The van der Waals surface area contributed by atoms with Crippen LogP contribution in [0.1, 0.15) is 59.1 Å². The molecule has 10 nitrogen and oxygen atoms in total. The Hall–Kier alpha value is -5.12. The molecule has 2 aromatic heterocycles. The van der Waals surface area contributed by atoms with E-state index in [9.17, 15) is 14.4 Å². The molecule has 0 spiro atoms. The normalized spacial score (nSPS) is 15.0. The summed E-state index contributed by atoms with van der Waals surface area (Å²) < 4.78 is 7.71. The lowest BCUT2D eigenvalue weighted by molar-refractivity contribution is -0.138. The average molecular weight is 649 g/mol. The molecule has 1 atom stereocenters. The first-order valence-electron chi connectivity index (χ1n) is 16.6. The number of amides is 3. The van der Waals surface area contributed by atoms with Crippen LogP contribution in [-0.4, -0.2) is 67.6 Å². The van der Waals surface area contributed by atoms with Crippen molar-refractivity contribution in [3.8, 4) is 11.4 Å². The smallest absolute Gasteiger partial charge is 0.408 e. The summed E-state index contributed by atoms with van der Waals surface area (Å²) >= 11 is 0. The van der Waals surface area contributed by atoms with Crippen molar-refractivity contribution in [1.82, 2.24) is 30.1 Å². The molecule has 10 heteroatoms. The highest BCUT2D eigenvalue weighted by molar-refractivity contribution is 5.94. The van der Waals surface area contributed by atoms with Gasteiger partial charge in [0, 0.05) is 48.2 Å². The van der Waals surface area contributed by atoms with E-state index in [1.807, 2.05) is 71.8 Å². The number of H-pyrrole nitrogens is 1. The van der Waals surface area contributed by atoms with Gasteiger partial charge < -0.3 is 29.8 Å². The topological polar surface area (TPSA) is 121 Å². The number of nitrogens with one attached hydrogen (secondary N) is 3. The number of nitrogens with zero attached hydrogens (tertiary/aromatic N) is 3. The van der Waals surface area contributed by atoms with Crippen LogP contribution >= 0.6 is 0 Å².